The number of rotatable bonds is 5. The lowest BCUT2D eigenvalue weighted by atomic mass is 10.1. The van der Waals surface area contributed by atoms with Gasteiger partial charge in [0.25, 0.3) is 11.8 Å². The molecule has 0 saturated heterocycles. The molecule has 25 heavy (non-hydrogen) atoms. The van der Waals surface area contributed by atoms with Crippen LogP contribution in [0.15, 0.2) is 47.6 Å². The van der Waals surface area contributed by atoms with E-state index in [4.69, 9.17) is 9.47 Å². The number of carbonyl (C=O) groups is 2. The number of amides is 2. The van der Waals surface area contributed by atoms with Crippen LogP contribution in [-0.4, -0.2) is 31.4 Å². The van der Waals surface area contributed by atoms with E-state index in [9.17, 15) is 9.59 Å². The number of ether oxygens (including phenoxy) is 2. The van der Waals surface area contributed by atoms with E-state index in [0.717, 1.165) is 11.1 Å². The van der Waals surface area contributed by atoms with Crippen molar-refractivity contribution in [2.24, 2.45) is 5.10 Å². The van der Waals surface area contributed by atoms with E-state index in [1.54, 1.807) is 30.3 Å². The Labute approximate surface area is 144 Å². The highest BCUT2D eigenvalue weighted by molar-refractivity contribution is 5.97. The molecule has 7 nitrogen and oxygen atoms in total. The third kappa shape index (κ3) is 4.14. The molecule has 0 spiro atoms. The van der Waals surface area contributed by atoms with E-state index in [-0.39, 0.29) is 19.2 Å². The van der Waals surface area contributed by atoms with Crippen molar-refractivity contribution in [3.63, 3.8) is 0 Å². The van der Waals surface area contributed by atoms with Crippen molar-refractivity contribution in [1.82, 2.24) is 10.7 Å². The minimum absolute atomic E-state index is 0.161. The smallest absolute Gasteiger partial charge is 0.259 e. The first-order valence-corrected chi connectivity index (χ1v) is 7.69. The van der Waals surface area contributed by atoms with E-state index in [2.05, 4.69) is 15.8 Å². The first kappa shape index (κ1) is 16.5. The number of nitrogens with one attached hydrogen (secondary N) is 2. The Morgan fingerprint density at radius 1 is 1.16 bits per heavy atom. The van der Waals surface area contributed by atoms with Crippen molar-refractivity contribution in [3.05, 3.63) is 59.2 Å². The second kappa shape index (κ2) is 7.48. The SMILES string of the molecule is Cc1ccccc1C(=O)NCC(=O)N/N=C\c1ccc2c(c1)OCO2. The highest BCUT2D eigenvalue weighted by atomic mass is 16.7. The highest BCUT2D eigenvalue weighted by Gasteiger charge is 2.12. The lowest BCUT2D eigenvalue weighted by Gasteiger charge is -2.06. The van der Waals surface area contributed by atoms with Crippen LogP contribution in [0.1, 0.15) is 21.5 Å². The summed E-state index contributed by atoms with van der Waals surface area (Å²) in [6, 6.07) is 12.5. The van der Waals surface area contributed by atoms with Gasteiger partial charge in [-0.3, -0.25) is 9.59 Å². The number of nitrogens with zero attached hydrogens (tertiary/aromatic N) is 1. The molecule has 0 radical (unpaired) electrons. The summed E-state index contributed by atoms with van der Waals surface area (Å²) in [4.78, 5) is 23.8. The molecule has 7 heteroatoms. The maximum absolute atomic E-state index is 12.0. The number of carbonyl (C=O) groups excluding carboxylic acids is 2. The second-order valence-corrected chi connectivity index (χ2v) is 5.40. The van der Waals surface area contributed by atoms with Crippen LogP contribution in [0.5, 0.6) is 11.5 Å². The monoisotopic (exact) mass is 339 g/mol. The van der Waals surface area contributed by atoms with Gasteiger partial charge in [-0.25, -0.2) is 5.43 Å². The summed E-state index contributed by atoms with van der Waals surface area (Å²) in [5.41, 5.74) is 4.51. The van der Waals surface area contributed by atoms with Gasteiger partial charge in [-0.05, 0) is 42.3 Å². The molecule has 2 aromatic rings. The first-order chi connectivity index (χ1) is 12.1. The minimum Gasteiger partial charge on any atom is -0.454 e. The maximum atomic E-state index is 12.0. The van der Waals surface area contributed by atoms with E-state index in [0.29, 0.717) is 17.1 Å². The number of aryl methyl sites for hydroxylation is 1. The fourth-order valence-corrected chi connectivity index (χ4v) is 2.30. The number of hydrazone groups is 1. The average molecular weight is 339 g/mol. The van der Waals surface area contributed by atoms with Gasteiger partial charge in [0.15, 0.2) is 11.5 Å². The summed E-state index contributed by atoms with van der Waals surface area (Å²) in [6.07, 6.45) is 1.49. The Morgan fingerprint density at radius 3 is 2.80 bits per heavy atom. The first-order valence-electron chi connectivity index (χ1n) is 7.69. The Balaban J connectivity index is 1.48. The topological polar surface area (TPSA) is 89.0 Å². The van der Waals surface area contributed by atoms with Gasteiger partial charge in [0, 0.05) is 5.56 Å². The Kier molecular flexibility index (Phi) is 4.94. The molecule has 0 bridgehead atoms. The highest BCUT2D eigenvalue weighted by Crippen LogP contribution is 2.31. The molecular formula is C18H17N3O4. The second-order valence-electron chi connectivity index (χ2n) is 5.40. The largest absolute Gasteiger partial charge is 0.454 e. The normalized spacial score (nSPS) is 12.2. The zero-order chi connectivity index (χ0) is 17.6. The van der Waals surface area contributed by atoms with Crippen molar-refractivity contribution in [2.75, 3.05) is 13.3 Å². The van der Waals surface area contributed by atoms with Gasteiger partial charge in [-0.1, -0.05) is 18.2 Å². The lowest BCUT2D eigenvalue weighted by molar-refractivity contribution is -0.120. The molecule has 3 rings (SSSR count). The molecule has 1 aliphatic rings. The summed E-state index contributed by atoms with van der Waals surface area (Å²) < 4.78 is 10.5. The predicted octanol–water partition coefficient (Wildman–Crippen LogP) is 1.60. The molecule has 2 N–H and O–H groups in total. The molecule has 0 atom stereocenters. The molecule has 0 aromatic heterocycles. The molecule has 1 heterocycles. The Hall–Kier alpha value is -3.35. The van der Waals surface area contributed by atoms with Crippen molar-refractivity contribution in [3.8, 4) is 11.5 Å². The van der Waals surface area contributed by atoms with Crippen molar-refractivity contribution in [2.45, 2.75) is 6.92 Å². The fraction of sp³-hybridized carbons (Fsp3) is 0.167. The summed E-state index contributed by atoms with van der Waals surface area (Å²) in [7, 11) is 0. The molecule has 2 amide bonds. The van der Waals surface area contributed by atoms with Crippen LogP contribution in [0.4, 0.5) is 0 Å². The standard InChI is InChI=1S/C18H17N3O4/c1-12-4-2-3-5-14(12)18(23)19-10-17(22)21-20-9-13-6-7-15-16(8-13)25-11-24-15/h2-9H,10-11H2,1H3,(H,19,23)(H,21,22)/b20-9-. The van der Waals surface area contributed by atoms with Crippen LogP contribution in [-0.2, 0) is 4.79 Å². The van der Waals surface area contributed by atoms with Crippen molar-refractivity contribution in [1.29, 1.82) is 0 Å². The third-order valence-corrected chi connectivity index (χ3v) is 3.60. The summed E-state index contributed by atoms with van der Waals surface area (Å²) in [6.45, 7) is 1.88. The van der Waals surface area contributed by atoms with Crippen molar-refractivity contribution >= 4 is 18.0 Å². The summed E-state index contributed by atoms with van der Waals surface area (Å²) in [5.74, 6) is 0.604. The predicted molar refractivity (Wildman–Crippen MR) is 91.8 cm³/mol. The van der Waals surface area contributed by atoms with Crippen LogP contribution in [0.3, 0.4) is 0 Å². The number of benzene rings is 2. The van der Waals surface area contributed by atoms with Gasteiger partial charge < -0.3 is 14.8 Å². The van der Waals surface area contributed by atoms with E-state index < -0.39 is 5.91 Å². The van der Waals surface area contributed by atoms with Crippen LogP contribution in [0, 0.1) is 6.92 Å². The van der Waals surface area contributed by atoms with Crippen LogP contribution in [0.2, 0.25) is 0 Å². The number of fused-ring (bicyclic) bond motifs is 1. The minimum atomic E-state index is -0.418. The van der Waals surface area contributed by atoms with Crippen LogP contribution < -0.4 is 20.2 Å². The van der Waals surface area contributed by atoms with Gasteiger partial charge in [0.05, 0.1) is 12.8 Å². The number of hydrogen-bond acceptors (Lipinski definition) is 5. The lowest BCUT2D eigenvalue weighted by Crippen LogP contribution is -2.35. The van der Waals surface area contributed by atoms with Gasteiger partial charge in [-0.2, -0.15) is 5.10 Å². The van der Waals surface area contributed by atoms with Gasteiger partial charge in [0.1, 0.15) is 0 Å². The number of hydrogen-bond donors (Lipinski definition) is 2. The van der Waals surface area contributed by atoms with E-state index in [1.807, 2.05) is 19.1 Å². The average Bonchev–Trinajstić information content (AvgIpc) is 3.08. The summed E-state index contributed by atoms with van der Waals surface area (Å²) in [5, 5.41) is 6.42. The van der Waals surface area contributed by atoms with Crippen molar-refractivity contribution < 1.29 is 19.1 Å². The third-order valence-electron chi connectivity index (χ3n) is 3.60. The van der Waals surface area contributed by atoms with E-state index in [1.165, 1.54) is 6.21 Å². The molecule has 128 valence electrons. The van der Waals surface area contributed by atoms with Crippen LogP contribution >= 0.6 is 0 Å². The maximum Gasteiger partial charge on any atom is 0.259 e. The zero-order valence-corrected chi connectivity index (χ0v) is 13.6. The molecule has 0 unspecified atom stereocenters. The van der Waals surface area contributed by atoms with Gasteiger partial charge in [0.2, 0.25) is 6.79 Å². The van der Waals surface area contributed by atoms with Gasteiger partial charge in [-0.15, -0.1) is 0 Å². The quantitative estimate of drug-likeness (QED) is 0.640. The fourth-order valence-electron chi connectivity index (χ4n) is 2.30. The molecule has 0 aliphatic carbocycles. The Morgan fingerprint density at radius 2 is 1.96 bits per heavy atom. The summed E-state index contributed by atoms with van der Waals surface area (Å²) >= 11 is 0. The van der Waals surface area contributed by atoms with Crippen LogP contribution in [0.25, 0.3) is 0 Å². The van der Waals surface area contributed by atoms with E-state index >= 15 is 0 Å². The molecular weight excluding hydrogens is 322 g/mol. The molecule has 1 aliphatic heterocycles. The Bertz CT molecular complexity index is 833. The van der Waals surface area contributed by atoms with Gasteiger partial charge >= 0.3 is 0 Å². The molecule has 2 aromatic carbocycles. The molecule has 0 saturated carbocycles. The molecule has 0 fully saturated rings. The zero-order valence-electron chi connectivity index (χ0n) is 13.6.